The Labute approximate surface area is 117 Å². The molecular weight excluding hydrogens is 246 g/mol. The highest BCUT2D eigenvalue weighted by Gasteiger charge is 2.19. The van der Waals surface area contributed by atoms with E-state index in [0.717, 1.165) is 12.1 Å². The molecular formula is C17H13N3. The van der Waals surface area contributed by atoms with Crippen molar-refractivity contribution in [1.29, 1.82) is 0 Å². The molecule has 0 spiro atoms. The van der Waals surface area contributed by atoms with Crippen molar-refractivity contribution in [2.24, 2.45) is 15.4 Å². The molecule has 0 fully saturated rings. The van der Waals surface area contributed by atoms with Gasteiger partial charge in [-0.05, 0) is 45.7 Å². The zero-order chi connectivity index (χ0) is 13.4. The average molecular weight is 259 g/mol. The molecule has 2 aromatic rings. The Hall–Kier alpha value is -2.55. The van der Waals surface area contributed by atoms with Gasteiger partial charge in [0.25, 0.3) is 0 Å². The van der Waals surface area contributed by atoms with E-state index in [1.165, 1.54) is 21.9 Å². The van der Waals surface area contributed by atoms with E-state index < -0.39 is 0 Å². The maximum Gasteiger partial charge on any atom is 0.135 e. The Morgan fingerprint density at radius 2 is 1.85 bits per heavy atom. The molecule has 1 aliphatic carbocycles. The number of hydrogen-bond donors (Lipinski definition) is 0. The first-order valence-electron chi connectivity index (χ1n) is 6.73. The smallest absolute Gasteiger partial charge is 0.135 e. The van der Waals surface area contributed by atoms with E-state index in [1.54, 1.807) is 0 Å². The molecule has 0 radical (unpaired) electrons. The highest BCUT2D eigenvalue weighted by Crippen LogP contribution is 2.24. The molecule has 0 N–H and O–H groups in total. The van der Waals surface area contributed by atoms with Crippen LogP contribution in [0.2, 0.25) is 0 Å². The Morgan fingerprint density at radius 1 is 0.950 bits per heavy atom. The SMILES string of the molecule is C1=CC2=NN=NC2C=C1Cc1cccc2ccccc12. The van der Waals surface area contributed by atoms with E-state index in [0.29, 0.717) is 0 Å². The molecule has 2 aromatic carbocycles. The molecule has 2 aliphatic rings. The summed E-state index contributed by atoms with van der Waals surface area (Å²) < 4.78 is 0. The predicted molar refractivity (Wildman–Crippen MR) is 81.0 cm³/mol. The van der Waals surface area contributed by atoms with Crippen LogP contribution in [0.3, 0.4) is 0 Å². The normalized spacial score (nSPS) is 19.9. The standard InChI is InChI=1S/C17H13N3/c1-2-7-15-13(4-1)5-3-6-14(15)10-12-8-9-16-17(11-12)19-20-18-16/h1-9,11,17H,10H2. The summed E-state index contributed by atoms with van der Waals surface area (Å²) >= 11 is 0. The van der Waals surface area contributed by atoms with Crippen molar-refractivity contribution in [3.8, 4) is 0 Å². The summed E-state index contributed by atoms with van der Waals surface area (Å²) in [6.45, 7) is 0. The second kappa shape index (κ2) is 4.53. The lowest BCUT2D eigenvalue weighted by Crippen LogP contribution is -2.14. The Balaban J connectivity index is 1.70. The van der Waals surface area contributed by atoms with Gasteiger partial charge < -0.3 is 0 Å². The van der Waals surface area contributed by atoms with E-state index in [1.807, 2.05) is 6.08 Å². The molecule has 0 saturated carbocycles. The maximum atomic E-state index is 4.11. The van der Waals surface area contributed by atoms with E-state index in [4.69, 9.17) is 0 Å². The van der Waals surface area contributed by atoms with Crippen molar-refractivity contribution in [2.75, 3.05) is 0 Å². The highest BCUT2D eigenvalue weighted by molar-refractivity contribution is 6.03. The third-order valence-electron chi connectivity index (χ3n) is 3.75. The fraction of sp³-hybridized carbons (Fsp3) is 0.118. The lowest BCUT2D eigenvalue weighted by atomic mass is 9.94. The van der Waals surface area contributed by atoms with Crippen LogP contribution in [0.15, 0.2) is 81.7 Å². The summed E-state index contributed by atoms with van der Waals surface area (Å²) in [6.07, 6.45) is 7.20. The zero-order valence-electron chi connectivity index (χ0n) is 10.9. The van der Waals surface area contributed by atoms with Gasteiger partial charge in [0, 0.05) is 0 Å². The molecule has 4 rings (SSSR count). The van der Waals surface area contributed by atoms with Gasteiger partial charge >= 0.3 is 0 Å². The minimum Gasteiger partial charge on any atom is -0.155 e. The van der Waals surface area contributed by atoms with Crippen LogP contribution in [-0.2, 0) is 6.42 Å². The van der Waals surface area contributed by atoms with Crippen LogP contribution in [0, 0.1) is 0 Å². The quantitative estimate of drug-likeness (QED) is 0.779. The number of rotatable bonds is 2. The molecule has 1 unspecified atom stereocenters. The van der Waals surface area contributed by atoms with Gasteiger partial charge in [-0.3, -0.25) is 0 Å². The largest absolute Gasteiger partial charge is 0.155 e. The number of hydrogen-bond acceptors (Lipinski definition) is 3. The molecule has 96 valence electrons. The number of fused-ring (bicyclic) bond motifs is 2. The Morgan fingerprint density at radius 3 is 2.85 bits per heavy atom. The van der Waals surface area contributed by atoms with Crippen molar-refractivity contribution in [1.82, 2.24) is 0 Å². The first kappa shape index (κ1) is 11.3. The third-order valence-corrected chi connectivity index (χ3v) is 3.75. The summed E-state index contributed by atoms with van der Waals surface area (Å²) in [5.41, 5.74) is 3.55. The van der Waals surface area contributed by atoms with Gasteiger partial charge in [-0.15, -0.1) is 5.10 Å². The van der Waals surface area contributed by atoms with Gasteiger partial charge in [-0.25, -0.2) is 0 Å². The number of nitrogens with zero attached hydrogens (tertiary/aromatic N) is 3. The Bertz CT molecular complexity index is 791. The van der Waals surface area contributed by atoms with E-state index >= 15 is 0 Å². The molecule has 1 atom stereocenters. The van der Waals surface area contributed by atoms with Crippen molar-refractivity contribution in [3.05, 3.63) is 71.8 Å². The van der Waals surface area contributed by atoms with E-state index in [2.05, 4.69) is 70.1 Å². The van der Waals surface area contributed by atoms with Gasteiger partial charge in [-0.2, -0.15) is 5.11 Å². The molecule has 20 heavy (non-hydrogen) atoms. The van der Waals surface area contributed by atoms with Gasteiger partial charge in [0.1, 0.15) is 6.04 Å². The van der Waals surface area contributed by atoms with Crippen molar-refractivity contribution >= 4 is 16.5 Å². The second-order valence-corrected chi connectivity index (χ2v) is 5.06. The van der Waals surface area contributed by atoms with Gasteiger partial charge in [0.2, 0.25) is 0 Å². The fourth-order valence-electron chi connectivity index (χ4n) is 2.74. The molecule has 1 aliphatic heterocycles. The highest BCUT2D eigenvalue weighted by atomic mass is 15.4. The lowest BCUT2D eigenvalue weighted by Gasteiger charge is -2.12. The van der Waals surface area contributed by atoms with Gasteiger partial charge in [0.05, 0.1) is 5.71 Å². The van der Waals surface area contributed by atoms with Crippen LogP contribution in [0.1, 0.15) is 5.56 Å². The third kappa shape index (κ3) is 1.88. The molecule has 3 nitrogen and oxygen atoms in total. The van der Waals surface area contributed by atoms with Crippen LogP contribution in [-0.4, -0.2) is 11.8 Å². The van der Waals surface area contributed by atoms with Crippen molar-refractivity contribution < 1.29 is 0 Å². The van der Waals surface area contributed by atoms with Crippen LogP contribution in [0.5, 0.6) is 0 Å². The summed E-state index contributed by atoms with van der Waals surface area (Å²) in [7, 11) is 0. The number of allylic oxidation sites excluding steroid dienone is 2. The predicted octanol–water partition coefficient (Wildman–Crippen LogP) is 4.07. The van der Waals surface area contributed by atoms with Crippen LogP contribution in [0.25, 0.3) is 10.8 Å². The summed E-state index contributed by atoms with van der Waals surface area (Å²) in [4.78, 5) is 0. The molecule has 0 saturated heterocycles. The minimum absolute atomic E-state index is 0.0185. The fourth-order valence-corrected chi connectivity index (χ4v) is 2.74. The minimum atomic E-state index is 0.0185. The molecule has 1 heterocycles. The lowest BCUT2D eigenvalue weighted by molar-refractivity contribution is 0.961. The second-order valence-electron chi connectivity index (χ2n) is 5.06. The summed E-state index contributed by atoms with van der Waals surface area (Å²) in [5.74, 6) is 0. The maximum absolute atomic E-state index is 4.11. The molecule has 0 bridgehead atoms. The summed E-state index contributed by atoms with van der Waals surface area (Å²) in [5, 5.41) is 14.4. The molecule has 0 aromatic heterocycles. The molecule has 3 heteroatoms. The summed E-state index contributed by atoms with van der Waals surface area (Å²) in [6, 6.07) is 15.0. The first-order valence-corrected chi connectivity index (χ1v) is 6.73. The molecule has 0 amide bonds. The van der Waals surface area contributed by atoms with Crippen LogP contribution >= 0.6 is 0 Å². The van der Waals surface area contributed by atoms with Crippen molar-refractivity contribution in [2.45, 2.75) is 12.5 Å². The number of benzene rings is 2. The van der Waals surface area contributed by atoms with Crippen LogP contribution in [0.4, 0.5) is 0 Å². The average Bonchev–Trinajstić information content (AvgIpc) is 2.95. The monoisotopic (exact) mass is 259 g/mol. The van der Waals surface area contributed by atoms with E-state index in [9.17, 15) is 0 Å². The van der Waals surface area contributed by atoms with Gasteiger partial charge in [0.15, 0.2) is 0 Å². The van der Waals surface area contributed by atoms with Crippen molar-refractivity contribution in [3.63, 3.8) is 0 Å². The Kier molecular flexibility index (Phi) is 2.56. The van der Waals surface area contributed by atoms with Gasteiger partial charge in [-0.1, -0.05) is 48.5 Å². The topological polar surface area (TPSA) is 37.1 Å². The first-order chi connectivity index (χ1) is 9.90. The zero-order valence-corrected chi connectivity index (χ0v) is 10.9. The van der Waals surface area contributed by atoms with E-state index in [-0.39, 0.29) is 6.04 Å². The van der Waals surface area contributed by atoms with Crippen LogP contribution < -0.4 is 0 Å².